The molecule has 0 spiro atoms. The van der Waals surface area contributed by atoms with Crippen LogP contribution in [0, 0.1) is 17.7 Å². The quantitative estimate of drug-likeness (QED) is 0.837. The summed E-state index contributed by atoms with van der Waals surface area (Å²) in [5.74, 6) is 0.268. The lowest BCUT2D eigenvalue weighted by Gasteiger charge is -2.30. The van der Waals surface area contributed by atoms with Crippen molar-refractivity contribution >= 4 is 23.6 Å². The van der Waals surface area contributed by atoms with Crippen molar-refractivity contribution in [3.05, 3.63) is 35.6 Å². The van der Waals surface area contributed by atoms with Crippen molar-refractivity contribution in [2.24, 2.45) is 11.8 Å². The van der Waals surface area contributed by atoms with Crippen LogP contribution in [0.15, 0.2) is 24.3 Å². The number of amides is 2. The van der Waals surface area contributed by atoms with Crippen LogP contribution >= 0.6 is 11.8 Å². The molecule has 4 nitrogen and oxygen atoms in total. The molecule has 1 aliphatic rings. The molecule has 6 heteroatoms. The minimum atomic E-state index is -0.514. The van der Waals surface area contributed by atoms with E-state index in [1.165, 1.54) is 23.9 Å². The lowest BCUT2D eigenvalue weighted by atomic mass is 10.1. The number of rotatable bonds is 6. The molecule has 1 fully saturated rings. The third-order valence-corrected chi connectivity index (χ3v) is 5.53. The molecule has 2 rings (SSSR count). The van der Waals surface area contributed by atoms with Crippen molar-refractivity contribution in [2.45, 2.75) is 45.5 Å². The van der Waals surface area contributed by atoms with Gasteiger partial charge in [0.05, 0.1) is 0 Å². The predicted molar refractivity (Wildman–Crippen MR) is 99.5 cm³/mol. The van der Waals surface area contributed by atoms with Gasteiger partial charge >= 0.3 is 0 Å². The maximum atomic E-state index is 13.6. The lowest BCUT2D eigenvalue weighted by molar-refractivity contribution is -0.142. The first-order valence-corrected chi connectivity index (χ1v) is 9.83. The van der Waals surface area contributed by atoms with Gasteiger partial charge in [0.2, 0.25) is 11.8 Å². The van der Waals surface area contributed by atoms with Gasteiger partial charge in [-0.25, -0.2) is 4.39 Å². The van der Waals surface area contributed by atoms with Crippen LogP contribution in [-0.2, 0) is 9.59 Å². The third-order valence-electron chi connectivity index (χ3n) is 4.21. The predicted octanol–water partition coefficient (Wildman–Crippen LogP) is 3.59. The van der Waals surface area contributed by atoms with Crippen LogP contribution in [0.2, 0.25) is 0 Å². The number of nitrogens with one attached hydrogen (secondary N) is 1. The van der Waals surface area contributed by atoms with Crippen LogP contribution < -0.4 is 5.32 Å². The standard InChI is InChI=1S/C19H27FN2O2S/c1-12(2)8-9-21-17(23)16-11-25-19(22(16)18(24)13(3)4)14-6-5-7-15(20)10-14/h5-7,10,12-13,16,19H,8-9,11H2,1-4H3,(H,21,23). The van der Waals surface area contributed by atoms with Crippen LogP contribution in [0.4, 0.5) is 4.39 Å². The molecule has 0 aliphatic carbocycles. The van der Waals surface area contributed by atoms with Crippen molar-refractivity contribution in [1.82, 2.24) is 10.2 Å². The Morgan fingerprint density at radius 3 is 2.64 bits per heavy atom. The fraction of sp³-hybridized carbons (Fsp3) is 0.579. The average Bonchev–Trinajstić information content (AvgIpc) is 2.98. The van der Waals surface area contributed by atoms with Gasteiger partial charge in [0.15, 0.2) is 0 Å². The maximum absolute atomic E-state index is 13.6. The topological polar surface area (TPSA) is 49.4 Å². The van der Waals surface area contributed by atoms with Crippen molar-refractivity contribution in [3.63, 3.8) is 0 Å². The molecule has 0 radical (unpaired) electrons. The van der Waals surface area contributed by atoms with E-state index in [9.17, 15) is 14.0 Å². The highest BCUT2D eigenvalue weighted by molar-refractivity contribution is 7.99. The molecule has 1 N–H and O–H groups in total. The Hall–Kier alpha value is -1.56. The van der Waals surface area contributed by atoms with Crippen LogP contribution in [0.1, 0.15) is 45.1 Å². The number of thioether (sulfide) groups is 1. The van der Waals surface area contributed by atoms with Crippen molar-refractivity contribution in [1.29, 1.82) is 0 Å². The summed E-state index contributed by atoms with van der Waals surface area (Å²) in [6.45, 7) is 8.45. The van der Waals surface area contributed by atoms with Gasteiger partial charge in [0, 0.05) is 18.2 Å². The first kappa shape index (κ1) is 19.8. The first-order chi connectivity index (χ1) is 11.8. The van der Waals surface area contributed by atoms with Gasteiger partial charge < -0.3 is 10.2 Å². The second-order valence-electron chi connectivity index (χ2n) is 7.13. The molecule has 0 saturated carbocycles. The molecule has 25 heavy (non-hydrogen) atoms. The molecule has 1 saturated heterocycles. The van der Waals surface area contributed by atoms with E-state index in [2.05, 4.69) is 19.2 Å². The van der Waals surface area contributed by atoms with E-state index < -0.39 is 6.04 Å². The largest absolute Gasteiger partial charge is 0.354 e. The van der Waals surface area contributed by atoms with Crippen molar-refractivity contribution in [3.8, 4) is 0 Å². The second-order valence-corrected chi connectivity index (χ2v) is 8.24. The Bertz CT molecular complexity index is 621. The van der Waals surface area contributed by atoms with E-state index in [0.29, 0.717) is 18.2 Å². The summed E-state index contributed by atoms with van der Waals surface area (Å²) >= 11 is 1.51. The van der Waals surface area contributed by atoms with Gasteiger partial charge in [-0.05, 0) is 30.0 Å². The van der Waals surface area contributed by atoms with E-state index in [1.54, 1.807) is 17.0 Å². The molecule has 1 aliphatic heterocycles. The molecule has 0 aromatic heterocycles. The highest BCUT2D eigenvalue weighted by Gasteiger charge is 2.42. The van der Waals surface area contributed by atoms with E-state index in [-0.39, 0.29) is 28.9 Å². The van der Waals surface area contributed by atoms with E-state index in [4.69, 9.17) is 0 Å². The molecule has 1 aromatic rings. The summed E-state index contributed by atoms with van der Waals surface area (Å²) in [4.78, 5) is 27.0. The van der Waals surface area contributed by atoms with E-state index >= 15 is 0 Å². The minimum absolute atomic E-state index is 0.0803. The normalized spacial score (nSPS) is 20.4. The van der Waals surface area contributed by atoms with Gasteiger partial charge in [0.25, 0.3) is 0 Å². The summed E-state index contributed by atoms with van der Waals surface area (Å²) in [7, 11) is 0. The molecule has 0 bridgehead atoms. The molecule has 138 valence electrons. The molecule has 2 unspecified atom stereocenters. The van der Waals surface area contributed by atoms with Crippen molar-refractivity contribution in [2.75, 3.05) is 12.3 Å². The number of halogens is 1. The Morgan fingerprint density at radius 1 is 1.32 bits per heavy atom. The summed E-state index contributed by atoms with van der Waals surface area (Å²) in [6, 6.07) is 5.76. The molecule has 2 amide bonds. The monoisotopic (exact) mass is 366 g/mol. The Balaban J connectivity index is 2.19. The fourth-order valence-electron chi connectivity index (χ4n) is 2.79. The number of hydrogen-bond acceptors (Lipinski definition) is 3. The van der Waals surface area contributed by atoms with Crippen molar-refractivity contribution < 1.29 is 14.0 Å². The van der Waals surface area contributed by atoms with Gasteiger partial charge in [-0.2, -0.15) is 0 Å². The van der Waals surface area contributed by atoms with Crippen LogP contribution in [0.5, 0.6) is 0 Å². The Kier molecular flexibility index (Phi) is 6.87. The van der Waals surface area contributed by atoms with Gasteiger partial charge in [-0.1, -0.05) is 39.8 Å². The smallest absolute Gasteiger partial charge is 0.243 e. The molecular weight excluding hydrogens is 339 g/mol. The van der Waals surface area contributed by atoms with E-state index in [1.807, 2.05) is 13.8 Å². The van der Waals surface area contributed by atoms with Gasteiger partial charge in [-0.15, -0.1) is 11.8 Å². The van der Waals surface area contributed by atoms with Crippen LogP contribution in [0.25, 0.3) is 0 Å². The number of hydrogen-bond donors (Lipinski definition) is 1. The second kappa shape index (κ2) is 8.70. The number of carbonyl (C=O) groups is 2. The Morgan fingerprint density at radius 2 is 2.04 bits per heavy atom. The highest BCUT2D eigenvalue weighted by Crippen LogP contribution is 2.42. The minimum Gasteiger partial charge on any atom is -0.354 e. The SMILES string of the molecule is CC(C)CCNC(=O)C1CSC(c2cccc(F)c2)N1C(=O)C(C)C. The lowest BCUT2D eigenvalue weighted by Crippen LogP contribution is -2.49. The zero-order valence-electron chi connectivity index (χ0n) is 15.3. The zero-order chi connectivity index (χ0) is 18.6. The zero-order valence-corrected chi connectivity index (χ0v) is 16.1. The first-order valence-electron chi connectivity index (χ1n) is 8.78. The summed E-state index contributed by atoms with van der Waals surface area (Å²) in [5, 5.41) is 2.62. The molecular formula is C19H27FN2O2S. The van der Waals surface area contributed by atoms with Crippen LogP contribution in [0.3, 0.4) is 0 Å². The van der Waals surface area contributed by atoms with Crippen LogP contribution in [-0.4, -0.2) is 35.1 Å². The summed E-state index contributed by atoms with van der Waals surface area (Å²) in [6.07, 6.45) is 0.900. The summed E-state index contributed by atoms with van der Waals surface area (Å²) < 4.78 is 13.6. The highest BCUT2D eigenvalue weighted by atomic mass is 32.2. The summed E-state index contributed by atoms with van der Waals surface area (Å²) in [5.41, 5.74) is 0.719. The fourth-order valence-corrected chi connectivity index (χ4v) is 4.22. The van der Waals surface area contributed by atoms with Gasteiger partial charge in [-0.3, -0.25) is 9.59 Å². The number of nitrogens with zero attached hydrogens (tertiary/aromatic N) is 1. The molecule has 1 aromatic carbocycles. The number of carbonyl (C=O) groups excluding carboxylic acids is 2. The van der Waals surface area contributed by atoms with Gasteiger partial charge in [0.1, 0.15) is 17.2 Å². The third kappa shape index (κ3) is 4.97. The number of benzene rings is 1. The molecule has 1 heterocycles. The van der Waals surface area contributed by atoms with E-state index in [0.717, 1.165) is 12.0 Å². The average molecular weight is 367 g/mol. The Labute approximate surface area is 153 Å². The maximum Gasteiger partial charge on any atom is 0.243 e. The molecule has 2 atom stereocenters.